The Labute approximate surface area is 123 Å². The van der Waals surface area contributed by atoms with Gasteiger partial charge in [0.1, 0.15) is 18.8 Å². The number of ether oxygens (including phenoxy) is 3. The van der Waals surface area contributed by atoms with Gasteiger partial charge in [0.25, 0.3) is 0 Å². The second kappa shape index (κ2) is 7.31. The predicted molar refractivity (Wildman–Crippen MR) is 74.4 cm³/mol. The average Bonchev–Trinajstić information content (AvgIpc) is 2.78. The summed E-state index contributed by atoms with van der Waals surface area (Å²) in [5.41, 5.74) is 1.06. The van der Waals surface area contributed by atoms with Crippen molar-refractivity contribution in [2.45, 2.75) is 37.1 Å². The van der Waals surface area contributed by atoms with E-state index in [1.54, 1.807) is 0 Å². The Kier molecular flexibility index (Phi) is 5.69. The van der Waals surface area contributed by atoms with Crippen molar-refractivity contribution in [2.24, 2.45) is 0 Å². The molecule has 2 rings (SSSR count). The van der Waals surface area contributed by atoms with Gasteiger partial charge in [0, 0.05) is 13.7 Å². The highest BCUT2D eigenvalue weighted by molar-refractivity contribution is 5.13. The van der Waals surface area contributed by atoms with Gasteiger partial charge in [-0.25, -0.2) is 0 Å². The molecule has 0 aliphatic carbocycles. The molecule has 1 aliphatic heterocycles. The van der Waals surface area contributed by atoms with Crippen molar-refractivity contribution in [3.63, 3.8) is 0 Å². The maximum atomic E-state index is 9.95. The molecule has 1 aliphatic rings. The average molecular weight is 298 g/mol. The SMILES string of the molecule is CO[C@@]1(CO)O[C@H](CCOCc2ccccc2)[C@@H](O)[C@@H]1O. The molecule has 1 heterocycles. The van der Waals surface area contributed by atoms with Crippen LogP contribution in [0, 0.1) is 0 Å². The van der Waals surface area contributed by atoms with Crippen LogP contribution in [-0.4, -0.2) is 59.7 Å². The Balaban J connectivity index is 1.79. The van der Waals surface area contributed by atoms with E-state index < -0.39 is 30.7 Å². The number of hydrogen-bond donors (Lipinski definition) is 3. The van der Waals surface area contributed by atoms with E-state index in [4.69, 9.17) is 14.2 Å². The zero-order chi connectivity index (χ0) is 15.3. The van der Waals surface area contributed by atoms with Crippen LogP contribution >= 0.6 is 0 Å². The maximum Gasteiger partial charge on any atom is 0.221 e. The second-order valence-electron chi connectivity index (χ2n) is 5.09. The minimum absolute atomic E-state index is 0.370. The number of benzene rings is 1. The van der Waals surface area contributed by atoms with Crippen molar-refractivity contribution >= 4 is 0 Å². The Bertz CT molecular complexity index is 419. The van der Waals surface area contributed by atoms with Gasteiger partial charge in [-0.15, -0.1) is 0 Å². The van der Waals surface area contributed by atoms with Crippen molar-refractivity contribution in [3.05, 3.63) is 35.9 Å². The highest BCUT2D eigenvalue weighted by atomic mass is 16.7. The molecule has 4 atom stereocenters. The van der Waals surface area contributed by atoms with Gasteiger partial charge in [0.05, 0.1) is 12.7 Å². The summed E-state index contributed by atoms with van der Waals surface area (Å²) in [6.07, 6.45) is -2.64. The van der Waals surface area contributed by atoms with E-state index in [0.717, 1.165) is 5.56 Å². The molecule has 6 nitrogen and oxygen atoms in total. The lowest BCUT2D eigenvalue weighted by atomic mass is 10.0. The number of aliphatic hydroxyl groups is 3. The van der Waals surface area contributed by atoms with Crippen LogP contribution in [0.4, 0.5) is 0 Å². The van der Waals surface area contributed by atoms with E-state index in [9.17, 15) is 15.3 Å². The van der Waals surface area contributed by atoms with E-state index in [0.29, 0.717) is 19.6 Å². The summed E-state index contributed by atoms with van der Waals surface area (Å²) in [4.78, 5) is 0. The lowest BCUT2D eigenvalue weighted by Gasteiger charge is -2.27. The summed E-state index contributed by atoms with van der Waals surface area (Å²) >= 11 is 0. The van der Waals surface area contributed by atoms with E-state index in [1.807, 2.05) is 30.3 Å². The van der Waals surface area contributed by atoms with Gasteiger partial charge in [-0.1, -0.05) is 30.3 Å². The highest BCUT2D eigenvalue weighted by Crippen LogP contribution is 2.33. The molecule has 1 fully saturated rings. The summed E-state index contributed by atoms with van der Waals surface area (Å²) in [5.74, 6) is -1.55. The molecule has 0 spiro atoms. The van der Waals surface area contributed by atoms with Gasteiger partial charge in [-0.2, -0.15) is 0 Å². The zero-order valence-corrected chi connectivity index (χ0v) is 12.0. The topological polar surface area (TPSA) is 88.4 Å². The lowest BCUT2D eigenvalue weighted by Crippen LogP contribution is -2.47. The lowest BCUT2D eigenvalue weighted by molar-refractivity contribution is -0.262. The van der Waals surface area contributed by atoms with Crippen LogP contribution in [0.1, 0.15) is 12.0 Å². The van der Waals surface area contributed by atoms with Crippen LogP contribution in [0.2, 0.25) is 0 Å². The van der Waals surface area contributed by atoms with Gasteiger partial charge >= 0.3 is 0 Å². The van der Waals surface area contributed by atoms with Crippen LogP contribution in [0.15, 0.2) is 30.3 Å². The van der Waals surface area contributed by atoms with Crippen LogP contribution in [-0.2, 0) is 20.8 Å². The maximum absolute atomic E-state index is 9.95. The van der Waals surface area contributed by atoms with Crippen molar-refractivity contribution in [2.75, 3.05) is 20.3 Å². The molecule has 0 saturated carbocycles. The Hall–Kier alpha value is -1.02. The molecular weight excluding hydrogens is 276 g/mol. The van der Waals surface area contributed by atoms with Crippen LogP contribution < -0.4 is 0 Å². The third-order valence-corrected chi connectivity index (χ3v) is 3.73. The summed E-state index contributed by atoms with van der Waals surface area (Å²) in [6, 6.07) is 9.74. The first kappa shape index (κ1) is 16.4. The molecule has 1 aromatic rings. The number of rotatable bonds is 7. The van der Waals surface area contributed by atoms with Crippen molar-refractivity contribution in [1.82, 2.24) is 0 Å². The predicted octanol–water partition coefficient (Wildman–Crippen LogP) is 0.0489. The first-order valence-corrected chi connectivity index (χ1v) is 6.94. The molecule has 3 N–H and O–H groups in total. The Morgan fingerprint density at radius 3 is 2.52 bits per heavy atom. The standard InChI is InChI=1S/C15H22O6/c1-19-15(10-16)14(18)13(17)12(21-15)7-8-20-9-11-5-3-2-4-6-11/h2-6,12-14,16-18H,7-10H2,1H3/t12-,13-,14+,15+/m1/s1. The van der Waals surface area contributed by atoms with Gasteiger partial charge in [-0.3, -0.25) is 0 Å². The fraction of sp³-hybridized carbons (Fsp3) is 0.600. The molecular formula is C15H22O6. The number of methoxy groups -OCH3 is 1. The normalized spacial score (nSPS) is 32.5. The van der Waals surface area contributed by atoms with Crippen molar-refractivity contribution in [1.29, 1.82) is 0 Å². The fourth-order valence-corrected chi connectivity index (χ4v) is 2.42. The van der Waals surface area contributed by atoms with Crippen molar-refractivity contribution < 1.29 is 29.5 Å². The summed E-state index contributed by atoms with van der Waals surface area (Å²) in [5, 5.41) is 29.2. The molecule has 118 valence electrons. The first-order valence-electron chi connectivity index (χ1n) is 6.94. The molecule has 6 heteroatoms. The van der Waals surface area contributed by atoms with E-state index in [2.05, 4.69) is 0 Å². The zero-order valence-electron chi connectivity index (χ0n) is 12.0. The molecule has 1 saturated heterocycles. The molecule has 0 radical (unpaired) electrons. The third-order valence-electron chi connectivity index (χ3n) is 3.73. The highest BCUT2D eigenvalue weighted by Gasteiger charge is 2.54. The minimum Gasteiger partial charge on any atom is -0.391 e. The molecule has 1 aromatic carbocycles. The van der Waals surface area contributed by atoms with Gasteiger partial charge in [-0.05, 0) is 12.0 Å². The summed E-state index contributed by atoms with van der Waals surface area (Å²) < 4.78 is 16.0. The minimum atomic E-state index is -1.55. The molecule has 21 heavy (non-hydrogen) atoms. The first-order chi connectivity index (χ1) is 10.1. The number of aliphatic hydroxyl groups excluding tert-OH is 3. The third kappa shape index (κ3) is 3.60. The molecule has 0 aromatic heterocycles. The Morgan fingerprint density at radius 1 is 1.24 bits per heavy atom. The van der Waals surface area contributed by atoms with E-state index in [-0.39, 0.29) is 0 Å². The smallest absolute Gasteiger partial charge is 0.221 e. The Morgan fingerprint density at radius 2 is 1.95 bits per heavy atom. The van der Waals surface area contributed by atoms with Gasteiger partial charge in [0.15, 0.2) is 0 Å². The van der Waals surface area contributed by atoms with Crippen LogP contribution in [0.5, 0.6) is 0 Å². The van der Waals surface area contributed by atoms with Crippen LogP contribution in [0.3, 0.4) is 0 Å². The molecule has 0 bridgehead atoms. The largest absolute Gasteiger partial charge is 0.391 e. The van der Waals surface area contributed by atoms with Crippen molar-refractivity contribution in [3.8, 4) is 0 Å². The fourth-order valence-electron chi connectivity index (χ4n) is 2.42. The monoisotopic (exact) mass is 298 g/mol. The molecule has 0 unspecified atom stereocenters. The number of hydrogen-bond acceptors (Lipinski definition) is 6. The van der Waals surface area contributed by atoms with Gasteiger partial charge < -0.3 is 29.5 Å². The quantitative estimate of drug-likeness (QED) is 0.616. The van der Waals surface area contributed by atoms with E-state index in [1.165, 1.54) is 7.11 Å². The van der Waals surface area contributed by atoms with Gasteiger partial charge in [0.2, 0.25) is 5.79 Å². The summed E-state index contributed by atoms with van der Waals surface area (Å²) in [7, 11) is 1.32. The second-order valence-corrected chi connectivity index (χ2v) is 5.09. The van der Waals surface area contributed by atoms with E-state index >= 15 is 0 Å². The van der Waals surface area contributed by atoms with Crippen LogP contribution in [0.25, 0.3) is 0 Å². The summed E-state index contributed by atoms with van der Waals surface area (Å²) in [6.45, 7) is 0.319. The molecule has 0 amide bonds.